The van der Waals surface area contributed by atoms with Crippen LogP contribution in [0.3, 0.4) is 0 Å². The molecule has 0 aromatic heterocycles. The summed E-state index contributed by atoms with van der Waals surface area (Å²) >= 11 is 0. The van der Waals surface area contributed by atoms with Crippen LogP contribution in [0.1, 0.15) is 30.9 Å². The highest BCUT2D eigenvalue weighted by Crippen LogP contribution is 2.28. The summed E-state index contributed by atoms with van der Waals surface area (Å²) in [5.41, 5.74) is 4.12. The fourth-order valence-electron chi connectivity index (χ4n) is 2.70. The summed E-state index contributed by atoms with van der Waals surface area (Å²) in [6.07, 6.45) is 2.05. The quantitative estimate of drug-likeness (QED) is 0.849. The zero-order valence-corrected chi connectivity index (χ0v) is 11.1. The van der Waals surface area contributed by atoms with Crippen molar-refractivity contribution in [3.8, 4) is 0 Å². The smallest absolute Gasteiger partial charge is 0.0541 e. The first-order valence-corrected chi connectivity index (χ1v) is 6.59. The van der Waals surface area contributed by atoms with Crippen LogP contribution in [0, 0.1) is 19.8 Å². The first-order valence-electron chi connectivity index (χ1n) is 6.59. The van der Waals surface area contributed by atoms with E-state index in [2.05, 4.69) is 36.9 Å². The molecule has 1 aliphatic heterocycles. The third-order valence-corrected chi connectivity index (χ3v) is 4.14. The molecule has 94 valence electrons. The van der Waals surface area contributed by atoms with E-state index in [4.69, 9.17) is 0 Å². The highest BCUT2D eigenvalue weighted by atomic mass is 16.3. The standard InChI is InChI=1S/C15H23NO/c1-11-5-4-6-15(12(11)2)16-9-7-14(8-10-16)13(3)17/h4-6,13-14,17H,7-10H2,1-3H3. The molecule has 1 atom stereocenters. The number of rotatable bonds is 2. The van der Waals surface area contributed by atoms with Crippen molar-refractivity contribution in [2.45, 2.75) is 39.7 Å². The predicted octanol–water partition coefficient (Wildman–Crippen LogP) is 2.90. The number of hydrogen-bond acceptors (Lipinski definition) is 2. The summed E-state index contributed by atoms with van der Waals surface area (Å²) in [5.74, 6) is 0.483. The fourth-order valence-corrected chi connectivity index (χ4v) is 2.70. The Kier molecular flexibility index (Phi) is 3.72. The van der Waals surface area contributed by atoms with Crippen LogP contribution in [-0.4, -0.2) is 24.3 Å². The van der Waals surface area contributed by atoms with Gasteiger partial charge in [0.1, 0.15) is 0 Å². The molecule has 1 unspecified atom stereocenters. The molecule has 1 heterocycles. The molecule has 2 heteroatoms. The molecule has 1 aliphatic rings. The number of aryl methyl sites for hydroxylation is 1. The van der Waals surface area contributed by atoms with Crippen LogP contribution in [0.25, 0.3) is 0 Å². The second-order valence-electron chi connectivity index (χ2n) is 5.28. The molecule has 2 nitrogen and oxygen atoms in total. The summed E-state index contributed by atoms with van der Waals surface area (Å²) in [5, 5.41) is 9.61. The van der Waals surface area contributed by atoms with Gasteiger partial charge in [0.05, 0.1) is 6.10 Å². The van der Waals surface area contributed by atoms with E-state index in [0.29, 0.717) is 5.92 Å². The molecule has 17 heavy (non-hydrogen) atoms. The van der Waals surface area contributed by atoms with Gasteiger partial charge in [-0.25, -0.2) is 0 Å². The van der Waals surface area contributed by atoms with Gasteiger partial charge in [-0.05, 0) is 56.7 Å². The van der Waals surface area contributed by atoms with Crippen LogP contribution in [0.4, 0.5) is 5.69 Å². The van der Waals surface area contributed by atoms with Gasteiger partial charge in [0.15, 0.2) is 0 Å². The topological polar surface area (TPSA) is 23.5 Å². The van der Waals surface area contributed by atoms with Crippen molar-refractivity contribution in [2.75, 3.05) is 18.0 Å². The largest absolute Gasteiger partial charge is 0.393 e. The summed E-state index contributed by atoms with van der Waals surface area (Å²) in [7, 11) is 0. The molecule has 1 aromatic rings. The summed E-state index contributed by atoms with van der Waals surface area (Å²) in [6, 6.07) is 6.52. The number of hydrogen-bond donors (Lipinski definition) is 1. The third-order valence-electron chi connectivity index (χ3n) is 4.14. The van der Waals surface area contributed by atoms with E-state index < -0.39 is 0 Å². The second-order valence-corrected chi connectivity index (χ2v) is 5.28. The normalized spacial score (nSPS) is 19.4. The molecule has 2 rings (SSSR count). The number of nitrogens with zero attached hydrogens (tertiary/aromatic N) is 1. The number of benzene rings is 1. The van der Waals surface area contributed by atoms with Crippen molar-refractivity contribution in [2.24, 2.45) is 5.92 Å². The lowest BCUT2D eigenvalue weighted by Crippen LogP contribution is -2.37. The van der Waals surface area contributed by atoms with Crippen LogP contribution >= 0.6 is 0 Å². The molecular weight excluding hydrogens is 210 g/mol. The lowest BCUT2D eigenvalue weighted by molar-refractivity contribution is 0.110. The van der Waals surface area contributed by atoms with Crippen molar-refractivity contribution < 1.29 is 5.11 Å². The molecule has 0 aliphatic carbocycles. The lowest BCUT2D eigenvalue weighted by Gasteiger charge is -2.35. The van der Waals surface area contributed by atoms with E-state index in [1.54, 1.807) is 0 Å². The molecule has 0 radical (unpaired) electrons. The predicted molar refractivity (Wildman–Crippen MR) is 72.5 cm³/mol. The van der Waals surface area contributed by atoms with Gasteiger partial charge in [-0.3, -0.25) is 0 Å². The minimum atomic E-state index is -0.157. The van der Waals surface area contributed by atoms with Gasteiger partial charge in [-0.15, -0.1) is 0 Å². The number of aliphatic hydroxyl groups is 1. The van der Waals surface area contributed by atoms with E-state index in [1.165, 1.54) is 16.8 Å². The van der Waals surface area contributed by atoms with Crippen molar-refractivity contribution in [3.63, 3.8) is 0 Å². The van der Waals surface area contributed by atoms with Gasteiger partial charge >= 0.3 is 0 Å². The van der Waals surface area contributed by atoms with Crippen LogP contribution in [-0.2, 0) is 0 Å². The maximum Gasteiger partial charge on any atom is 0.0541 e. The Hall–Kier alpha value is -1.02. The summed E-state index contributed by atoms with van der Waals surface area (Å²) in [4.78, 5) is 2.46. The van der Waals surface area contributed by atoms with Crippen molar-refractivity contribution in [1.29, 1.82) is 0 Å². The first-order chi connectivity index (χ1) is 8.09. The van der Waals surface area contributed by atoms with Crippen LogP contribution in [0.15, 0.2) is 18.2 Å². The van der Waals surface area contributed by atoms with Crippen LogP contribution in [0.2, 0.25) is 0 Å². The highest BCUT2D eigenvalue weighted by molar-refractivity contribution is 5.56. The average Bonchev–Trinajstić information content (AvgIpc) is 2.33. The van der Waals surface area contributed by atoms with Gasteiger partial charge < -0.3 is 10.0 Å². The lowest BCUT2D eigenvalue weighted by atomic mass is 9.91. The van der Waals surface area contributed by atoms with Crippen LogP contribution < -0.4 is 4.90 Å². The molecule has 0 amide bonds. The molecule has 1 N–H and O–H groups in total. The second kappa shape index (κ2) is 5.09. The first kappa shape index (κ1) is 12.4. The minimum Gasteiger partial charge on any atom is -0.393 e. The van der Waals surface area contributed by atoms with Gasteiger partial charge in [0.25, 0.3) is 0 Å². The molecule has 0 saturated carbocycles. The van der Waals surface area contributed by atoms with E-state index in [-0.39, 0.29) is 6.10 Å². The molecular formula is C15H23NO. The maximum absolute atomic E-state index is 9.61. The van der Waals surface area contributed by atoms with Gasteiger partial charge in [-0.2, -0.15) is 0 Å². The van der Waals surface area contributed by atoms with Crippen LogP contribution in [0.5, 0.6) is 0 Å². The molecule has 0 bridgehead atoms. The zero-order valence-electron chi connectivity index (χ0n) is 11.1. The maximum atomic E-state index is 9.61. The van der Waals surface area contributed by atoms with Gasteiger partial charge in [0, 0.05) is 18.8 Å². The Morgan fingerprint density at radius 1 is 1.24 bits per heavy atom. The van der Waals surface area contributed by atoms with Crippen molar-refractivity contribution >= 4 is 5.69 Å². The van der Waals surface area contributed by atoms with E-state index in [1.807, 2.05) is 6.92 Å². The van der Waals surface area contributed by atoms with E-state index in [9.17, 15) is 5.11 Å². The van der Waals surface area contributed by atoms with Gasteiger partial charge in [-0.1, -0.05) is 12.1 Å². The Morgan fingerprint density at radius 2 is 1.88 bits per heavy atom. The molecule has 1 fully saturated rings. The highest BCUT2D eigenvalue weighted by Gasteiger charge is 2.23. The number of piperidine rings is 1. The Morgan fingerprint density at radius 3 is 2.47 bits per heavy atom. The number of aliphatic hydroxyl groups excluding tert-OH is 1. The molecule has 1 aromatic carbocycles. The third kappa shape index (κ3) is 2.63. The summed E-state index contributed by atoms with van der Waals surface area (Å²) < 4.78 is 0. The van der Waals surface area contributed by atoms with Crippen molar-refractivity contribution in [1.82, 2.24) is 0 Å². The molecule has 1 saturated heterocycles. The Labute approximate surface area is 104 Å². The van der Waals surface area contributed by atoms with Crippen molar-refractivity contribution in [3.05, 3.63) is 29.3 Å². The fraction of sp³-hybridized carbons (Fsp3) is 0.600. The summed E-state index contributed by atoms with van der Waals surface area (Å²) in [6.45, 7) is 8.42. The minimum absolute atomic E-state index is 0.157. The van der Waals surface area contributed by atoms with Gasteiger partial charge in [0.2, 0.25) is 0 Å². The van der Waals surface area contributed by atoms with E-state index in [0.717, 1.165) is 25.9 Å². The zero-order chi connectivity index (χ0) is 12.4. The van der Waals surface area contributed by atoms with E-state index >= 15 is 0 Å². The number of anilines is 1. The monoisotopic (exact) mass is 233 g/mol. The molecule has 0 spiro atoms. The SMILES string of the molecule is Cc1cccc(N2CCC(C(C)O)CC2)c1C. The Balaban J connectivity index is 2.08. The average molecular weight is 233 g/mol. The Bertz CT molecular complexity index is 379.